The molecule has 7 nitrogen and oxygen atoms in total. The molecule has 0 spiro atoms. The van der Waals surface area contributed by atoms with Crippen molar-refractivity contribution >= 4 is 29.1 Å². The third-order valence-corrected chi connectivity index (χ3v) is 4.20. The summed E-state index contributed by atoms with van der Waals surface area (Å²) in [6.45, 7) is 3.85. The Kier molecular flexibility index (Phi) is 3.92. The molecule has 18 heavy (non-hydrogen) atoms. The molecule has 0 bridgehead atoms. The van der Waals surface area contributed by atoms with Crippen LogP contribution in [0.1, 0.15) is 23.7 Å². The van der Waals surface area contributed by atoms with E-state index >= 15 is 0 Å². The fourth-order valence-corrected chi connectivity index (χ4v) is 2.83. The maximum absolute atomic E-state index is 10.5. The molecule has 0 aliphatic heterocycles. The summed E-state index contributed by atoms with van der Waals surface area (Å²) in [5, 5.41) is 23.3. The van der Waals surface area contributed by atoms with E-state index < -0.39 is 5.97 Å². The Hall–Kier alpha value is -1.48. The van der Waals surface area contributed by atoms with Crippen LogP contribution in [0, 0.1) is 6.92 Å². The van der Waals surface area contributed by atoms with Crippen molar-refractivity contribution in [3.05, 3.63) is 16.1 Å². The van der Waals surface area contributed by atoms with Crippen molar-refractivity contribution in [1.82, 2.24) is 25.2 Å². The largest absolute Gasteiger partial charge is 0.481 e. The first-order valence-electron chi connectivity index (χ1n) is 5.12. The number of aryl methyl sites for hydroxylation is 1. The first-order chi connectivity index (χ1) is 8.58. The molecule has 2 aromatic rings. The van der Waals surface area contributed by atoms with E-state index in [1.165, 1.54) is 11.3 Å². The van der Waals surface area contributed by atoms with Crippen LogP contribution >= 0.6 is 23.1 Å². The van der Waals surface area contributed by atoms with Crippen molar-refractivity contribution in [3.8, 4) is 0 Å². The fourth-order valence-electron chi connectivity index (χ4n) is 1.32. The highest BCUT2D eigenvalue weighted by Crippen LogP contribution is 2.24. The van der Waals surface area contributed by atoms with Gasteiger partial charge in [-0.2, -0.15) is 0 Å². The van der Waals surface area contributed by atoms with Crippen molar-refractivity contribution in [2.24, 2.45) is 0 Å². The molecule has 0 saturated carbocycles. The second-order valence-corrected chi connectivity index (χ2v) is 5.42. The molecule has 1 unspecified atom stereocenters. The summed E-state index contributed by atoms with van der Waals surface area (Å²) >= 11 is 2.63. The summed E-state index contributed by atoms with van der Waals surface area (Å²) in [5.74, 6) is -0.962. The standard InChI is InChI=1S/C9H11N5O2S2/c1-5-3-17-8(10-5)6(2)14-9(11-12-13-14)18-4-7(15)16/h3,6H,4H2,1-2H3,(H,15,16). The Labute approximate surface area is 111 Å². The maximum Gasteiger partial charge on any atom is 0.313 e. The normalized spacial score (nSPS) is 12.6. The Bertz CT molecular complexity index is 553. The predicted octanol–water partition coefficient (Wildman–Crippen LogP) is 1.22. The lowest BCUT2D eigenvalue weighted by Crippen LogP contribution is -2.11. The minimum atomic E-state index is -0.896. The number of carboxylic acids is 1. The first kappa shape index (κ1) is 13.0. The van der Waals surface area contributed by atoms with Gasteiger partial charge in [0.2, 0.25) is 5.16 Å². The molecule has 0 amide bonds. The average molecular weight is 285 g/mol. The van der Waals surface area contributed by atoms with E-state index in [9.17, 15) is 4.79 Å². The highest BCUT2D eigenvalue weighted by Gasteiger charge is 2.18. The minimum Gasteiger partial charge on any atom is -0.481 e. The lowest BCUT2D eigenvalue weighted by atomic mass is 10.4. The van der Waals surface area contributed by atoms with Crippen LogP contribution in [0.4, 0.5) is 0 Å². The molecular weight excluding hydrogens is 274 g/mol. The third-order valence-electron chi connectivity index (χ3n) is 2.15. The number of hydrogen-bond donors (Lipinski definition) is 1. The zero-order chi connectivity index (χ0) is 13.1. The molecule has 1 atom stereocenters. The summed E-state index contributed by atoms with van der Waals surface area (Å²) in [6, 6.07) is -0.102. The maximum atomic E-state index is 10.5. The topological polar surface area (TPSA) is 93.8 Å². The molecule has 2 aromatic heterocycles. The van der Waals surface area contributed by atoms with E-state index in [0.717, 1.165) is 22.5 Å². The quantitative estimate of drug-likeness (QED) is 0.825. The van der Waals surface area contributed by atoms with Crippen LogP contribution in [0.15, 0.2) is 10.5 Å². The van der Waals surface area contributed by atoms with Crippen molar-refractivity contribution < 1.29 is 9.90 Å². The Morgan fingerprint density at radius 1 is 1.67 bits per heavy atom. The molecule has 0 fully saturated rings. The van der Waals surface area contributed by atoms with Gasteiger partial charge in [-0.3, -0.25) is 4.79 Å². The van der Waals surface area contributed by atoms with E-state index in [4.69, 9.17) is 5.11 Å². The number of aliphatic carboxylic acids is 1. The van der Waals surface area contributed by atoms with Crippen LogP contribution in [0.2, 0.25) is 0 Å². The van der Waals surface area contributed by atoms with Crippen LogP contribution in [0.5, 0.6) is 0 Å². The van der Waals surface area contributed by atoms with E-state index in [0.29, 0.717) is 5.16 Å². The number of tetrazole rings is 1. The average Bonchev–Trinajstić information content (AvgIpc) is 2.93. The second-order valence-electron chi connectivity index (χ2n) is 3.59. The van der Waals surface area contributed by atoms with Gasteiger partial charge in [0.15, 0.2) is 0 Å². The summed E-state index contributed by atoms with van der Waals surface area (Å²) in [5.41, 5.74) is 0.953. The number of aromatic nitrogens is 5. The zero-order valence-electron chi connectivity index (χ0n) is 9.77. The van der Waals surface area contributed by atoms with Crippen molar-refractivity contribution in [2.75, 3.05) is 5.75 Å². The van der Waals surface area contributed by atoms with Gasteiger partial charge in [0.1, 0.15) is 11.0 Å². The predicted molar refractivity (Wildman–Crippen MR) is 66.8 cm³/mol. The molecule has 0 saturated heterocycles. The van der Waals surface area contributed by atoms with Gasteiger partial charge in [0, 0.05) is 11.1 Å². The minimum absolute atomic E-state index is 0.0655. The smallest absolute Gasteiger partial charge is 0.313 e. The molecule has 0 aromatic carbocycles. The third kappa shape index (κ3) is 2.85. The molecule has 2 rings (SSSR count). The Morgan fingerprint density at radius 2 is 2.44 bits per heavy atom. The Morgan fingerprint density at radius 3 is 3.06 bits per heavy atom. The zero-order valence-corrected chi connectivity index (χ0v) is 11.4. The van der Waals surface area contributed by atoms with E-state index in [1.54, 1.807) is 4.68 Å². The van der Waals surface area contributed by atoms with Gasteiger partial charge in [0.05, 0.1) is 5.75 Å². The van der Waals surface area contributed by atoms with Crippen molar-refractivity contribution in [3.63, 3.8) is 0 Å². The van der Waals surface area contributed by atoms with Gasteiger partial charge in [0.25, 0.3) is 0 Å². The van der Waals surface area contributed by atoms with Gasteiger partial charge in [-0.1, -0.05) is 11.8 Å². The molecule has 2 heterocycles. The number of nitrogens with zero attached hydrogens (tertiary/aromatic N) is 5. The summed E-state index contributed by atoms with van der Waals surface area (Å²) < 4.78 is 1.59. The number of thiazole rings is 1. The molecule has 1 N–H and O–H groups in total. The van der Waals surface area contributed by atoms with E-state index in [1.807, 2.05) is 19.2 Å². The number of hydrogen-bond acceptors (Lipinski definition) is 7. The SMILES string of the molecule is Cc1csc(C(C)n2nnnc2SCC(=O)O)n1. The summed E-state index contributed by atoms with van der Waals surface area (Å²) in [4.78, 5) is 14.9. The lowest BCUT2D eigenvalue weighted by molar-refractivity contribution is -0.133. The highest BCUT2D eigenvalue weighted by atomic mass is 32.2. The monoisotopic (exact) mass is 285 g/mol. The van der Waals surface area contributed by atoms with Crippen molar-refractivity contribution in [2.45, 2.75) is 25.0 Å². The molecule has 0 radical (unpaired) electrons. The van der Waals surface area contributed by atoms with Crippen LogP contribution < -0.4 is 0 Å². The van der Waals surface area contributed by atoms with Gasteiger partial charge in [-0.15, -0.1) is 16.4 Å². The van der Waals surface area contributed by atoms with Gasteiger partial charge >= 0.3 is 5.97 Å². The molecular formula is C9H11N5O2S2. The van der Waals surface area contributed by atoms with Gasteiger partial charge in [-0.25, -0.2) is 9.67 Å². The molecule has 96 valence electrons. The fraction of sp³-hybridized carbons (Fsp3) is 0.444. The van der Waals surface area contributed by atoms with E-state index in [-0.39, 0.29) is 11.8 Å². The van der Waals surface area contributed by atoms with Crippen molar-refractivity contribution in [1.29, 1.82) is 0 Å². The number of carboxylic acid groups (broad SMARTS) is 1. The summed E-state index contributed by atoms with van der Waals surface area (Å²) in [6.07, 6.45) is 0. The number of thioether (sulfide) groups is 1. The number of rotatable bonds is 5. The summed E-state index contributed by atoms with van der Waals surface area (Å²) in [7, 11) is 0. The molecule has 0 aliphatic carbocycles. The Balaban J connectivity index is 2.17. The molecule has 9 heteroatoms. The number of carbonyl (C=O) groups is 1. The highest BCUT2D eigenvalue weighted by molar-refractivity contribution is 7.99. The molecule has 0 aliphatic rings. The lowest BCUT2D eigenvalue weighted by Gasteiger charge is -2.09. The van der Waals surface area contributed by atoms with Crippen LogP contribution in [0.3, 0.4) is 0 Å². The van der Waals surface area contributed by atoms with Crippen LogP contribution in [0.25, 0.3) is 0 Å². The van der Waals surface area contributed by atoms with Crippen LogP contribution in [-0.2, 0) is 4.79 Å². The first-order valence-corrected chi connectivity index (χ1v) is 6.99. The van der Waals surface area contributed by atoms with Gasteiger partial charge in [-0.05, 0) is 24.3 Å². The van der Waals surface area contributed by atoms with Gasteiger partial charge < -0.3 is 5.11 Å². The van der Waals surface area contributed by atoms with Crippen LogP contribution in [-0.4, -0.2) is 42.0 Å². The van der Waals surface area contributed by atoms with E-state index in [2.05, 4.69) is 20.5 Å². The second kappa shape index (κ2) is 5.44.